The van der Waals surface area contributed by atoms with E-state index >= 15 is 0 Å². The highest BCUT2D eigenvalue weighted by molar-refractivity contribution is 6.00. The van der Waals surface area contributed by atoms with Gasteiger partial charge in [0.25, 0.3) is 5.91 Å². The first kappa shape index (κ1) is 28.1. The van der Waals surface area contributed by atoms with Crippen molar-refractivity contribution in [1.82, 2.24) is 20.0 Å². The van der Waals surface area contributed by atoms with E-state index in [2.05, 4.69) is 17.1 Å². The van der Waals surface area contributed by atoms with Crippen LogP contribution in [0.1, 0.15) is 87.1 Å². The van der Waals surface area contributed by atoms with Crippen molar-refractivity contribution in [3.05, 3.63) is 35.4 Å². The summed E-state index contributed by atoms with van der Waals surface area (Å²) in [5.74, 6) is 0.811. The summed E-state index contributed by atoms with van der Waals surface area (Å²) in [6.07, 6.45) is 10.2. The van der Waals surface area contributed by atoms with E-state index in [0.717, 1.165) is 44.5 Å². The van der Waals surface area contributed by atoms with Gasteiger partial charge in [-0.1, -0.05) is 57.6 Å². The highest BCUT2D eigenvalue weighted by atomic mass is 16.5. The average Bonchev–Trinajstić information content (AvgIpc) is 2.98. The zero-order valence-corrected chi connectivity index (χ0v) is 23.7. The van der Waals surface area contributed by atoms with Crippen molar-refractivity contribution in [1.29, 1.82) is 0 Å². The number of nitrogens with zero attached hydrogens (tertiary/aromatic N) is 3. The Bertz CT molecular complexity index is 992. The average molecular weight is 539 g/mol. The zero-order chi connectivity index (χ0) is 27.2. The molecule has 1 saturated carbocycles. The molecule has 4 fully saturated rings. The molecule has 1 aromatic carbocycles. The van der Waals surface area contributed by atoms with Gasteiger partial charge in [0.2, 0.25) is 11.8 Å². The molecule has 1 atom stereocenters. The molecule has 5 rings (SSSR count). The summed E-state index contributed by atoms with van der Waals surface area (Å²) in [7, 11) is 0. The first-order valence-electron chi connectivity index (χ1n) is 15.3. The Morgan fingerprint density at radius 3 is 2.36 bits per heavy atom. The van der Waals surface area contributed by atoms with Crippen LogP contribution < -0.4 is 5.32 Å². The molecule has 3 saturated heterocycles. The number of piperidine rings is 1. The predicted octanol–water partition coefficient (Wildman–Crippen LogP) is 3.59. The van der Waals surface area contributed by atoms with Crippen LogP contribution in [0.4, 0.5) is 0 Å². The number of piperazine rings is 1. The van der Waals surface area contributed by atoms with E-state index in [1.165, 1.54) is 32.1 Å². The third-order valence-electron chi connectivity index (χ3n) is 9.43. The van der Waals surface area contributed by atoms with E-state index in [-0.39, 0.29) is 23.8 Å². The quantitative estimate of drug-likeness (QED) is 0.547. The molecule has 3 aliphatic heterocycles. The van der Waals surface area contributed by atoms with Gasteiger partial charge in [0.05, 0.1) is 13.2 Å². The van der Waals surface area contributed by atoms with Crippen molar-refractivity contribution in [3.63, 3.8) is 0 Å². The van der Waals surface area contributed by atoms with Crippen LogP contribution in [0.3, 0.4) is 0 Å². The lowest BCUT2D eigenvalue weighted by atomic mass is 9.79. The number of amides is 3. The maximum atomic E-state index is 13.8. The Labute approximate surface area is 233 Å². The van der Waals surface area contributed by atoms with Crippen LogP contribution in [-0.2, 0) is 20.9 Å². The second-order valence-electron chi connectivity index (χ2n) is 12.0. The van der Waals surface area contributed by atoms with Crippen molar-refractivity contribution < 1.29 is 19.1 Å². The summed E-state index contributed by atoms with van der Waals surface area (Å²) >= 11 is 0. The molecule has 0 aromatic heterocycles. The first-order valence-corrected chi connectivity index (χ1v) is 15.3. The molecule has 1 N–H and O–H groups in total. The number of morpholine rings is 1. The smallest absolute Gasteiger partial charge is 0.254 e. The number of unbranched alkanes of at least 4 members (excludes halogenated alkanes) is 1. The Kier molecular flexibility index (Phi) is 9.23. The van der Waals surface area contributed by atoms with Crippen LogP contribution in [0.15, 0.2) is 24.3 Å². The van der Waals surface area contributed by atoms with Gasteiger partial charge < -0.3 is 19.9 Å². The van der Waals surface area contributed by atoms with Gasteiger partial charge in [-0.05, 0) is 49.3 Å². The molecule has 0 bridgehead atoms. The molecule has 39 heavy (non-hydrogen) atoms. The monoisotopic (exact) mass is 538 g/mol. The number of hydrogen-bond donors (Lipinski definition) is 1. The van der Waals surface area contributed by atoms with E-state index in [4.69, 9.17) is 4.74 Å². The Hall–Kier alpha value is -2.45. The SMILES string of the molecule is CCCCN1C(=O)[C@H](CC2CCCCC2)NC(=O)C12CCN(Cc1ccc(C(=O)N3CCOCC3)cc1)CC2. The lowest BCUT2D eigenvalue weighted by molar-refractivity contribution is -0.162. The first-order chi connectivity index (χ1) is 19.0. The molecule has 1 aromatic rings. The van der Waals surface area contributed by atoms with Crippen molar-refractivity contribution in [3.8, 4) is 0 Å². The minimum Gasteiger partial charge on any atom is -0.378 e. The summed E-state index contributed by atoms with van der Waals surface area (Å²) in [6, 6.07) is 7.56. The van der Waals surface area contributed by atoms with E-state index in [9.17, 15) is 14.4 Å². The molecular formula is C31H46N4O4. The van der Waals surface area contributed by atoms with Crippen molar-refractivity contribution in [2.75, 3.05) is 45.9 Å². The van der Waals surface area contributed by atoms with Gasteiger partial charge in [-0.2, -0.15) is 0 Å². The molecular weight excluding hydrogens is 492 g/mol. The third kappa shape index (κ3) is 6.32. The number of likely N-dealkylation sites (tertiary alicyclic amines) is 1. The molecule has 0 radical (unpaired) electrons. The fourth-order valence-corrected chi connectivity index (χ4v) is 6.97. The number of carbonyl (C=O) groups is 3. The minimum absolute atomic E-state index is 0.0599. The van der Waals surface area contributed by atoms with Gasteiger partial charge in [0.1, 0.15) is 11.6 Å². The van der Waals surface area contributed by atoms with E-state index in [1.54, 1.807) is 0 Å². The fourth-order valence-electron chi connectivity index (χ4n) is 6.97. The Balaban J connectivity index is 1.20. The van der Waals surface area contributed by atoms with Crippen molar-refractivity contribution in [2.24, 2.45) is 5.92 Å². The summed E-state index contributed by atoms with van der Waals surface area (Å²) < 4.78 is 5.36. The molecule has 1 aliphatic carbocycles. The summed E-state index contributed by atoms with van der Waals surface area (Å²) in [4.78, 5) is 46.4. The van der Waals surface area contributed by atoms with Gasteiger partial charge >= 0.3 is 0 Å². The Morgan fingerprint density at radius 1 is 1.00 bits per heavy atom. The topological polar surface area (TPSA) is 82.2 Å². The van der Waals surface area contributed by atoms with Gasteiger partial charge in [0.15, 0.2) is 0 Å². The van der Waals surface area contributed by atoms with Crippen molar-refractivity contribution >= 4 is 17.7 Å². The molecule has 4 aliphatic rings. The predicted molar refractivity (Wildman–Crippen MR) is 150 cm³/mol. The number of hydrogen-bond acceptors (Lipinski definition) is 5. The number of benzene rings is 1. The number of carbonyl (C=O) groups excluding carboxylic acids is 3. The van der Waals surface area contributed by atoms with Gasteiger partial charge in [-0.3, -0.25) is 19.3 Å². The zero-order valence-electron chi connectivity index (χ0n) is 23.7. The standard InChI is InChI=1S/C31H46N4O4/c1-2-3-15-35-29(37)27(22-24-7-5-4-6-8-24)32-30(38)31(35)13-16-33(17-14-31)23-25-9-11-26(12-10-25)28(36)34-18-20-39-21-19-34/h9-12,24,27H,2-8,13-23H2,1H3,(H,32,38)/t27-/m0/s1. The summed E-state index contributed by atoms with van der Waals surface area (Å²) in [6.45, 7) is 7.60. The number of ether oxygens (including phenoxy) is 1. The Morgan fingerprint density at radius 2 is 1.69 bits per heavy atom. The maximum absolute atomic E-state index is 13.8. The number of rotatable bonds is 8. The van der Waals surface area contributed by atoms with Crippen LogP contribution in [-0.4, -0.2) is 89.9 Å². The number of nitrogens with one attached hydrogen (secondary N) is 1. The third-order valence-corrected chi connectivity index (χ3v) is 9.43. The molecule has 214 valence electrons. The van der Waals surface area contributed by atoms with Gasteiger partial charge in [0, 0.05) is 44.8 Å². The highest BCUT2D eigenvalue weighted by Crippen LogP contribution is 2.36. The molecule has 3 amide bonds. The van der Waals surface area contributed by atoms with Crippen LogP contribution in [0.5, 0.6) is 0 Å². The largest absolute Gasteiger partial charge is 0.378 e. The molecule has 1 spiro atoms. The highest BCUT2D eigenvalue weighted by Gasteiger charge is 2.53. The lowest BCUT2D eigenvalue weighted by Crippen LogP contribution is -2.73. The fraction of sp³-hybridized carbons (Fsp3) is 0.710. The van der Waals surface area contributed by atoms with E-state index < -0.39 is 5.54 Å². The molecule has 8 heteroatoms. The summed E-state index contributed by atoms with van der Waals surface area (Å²) in [5, 5.41) is 3.20. The van der Waals surface area contributed by atoms with E-state index in [1.807, 2.05) is 34.1 Å². The normalized spacial score (nSPS) is 24.7. The molecule has 3 heterocycles. The van der Waals surface area contributed by atoms with Crippen LogP contribution in [0, 0.1) is 5.92 Å². The molecule has 0 unspecified atom stereocenters. The van der Waals surface area contributed by atoms with Crippen LogP contribution in [0.25, 0.3) is 0 Å². The second kappa shape index (κ2) is 12.8. The van der Waals surface area contributed by atoms with Crippen LogP contribution in [0.2, 0.25) is 0 Å². The second-order valence-corrected chi connectivity index (χ2v) is 12.0. The summed E-state index contributed by atoms with van der Waals surface area (Å²) in [5.41, 5.74) is 1.15. The minimum atomic E-state index is -0.722. The maximum Gasteiger partial charge on any atom is 0.254 e. The van der Waals surface area contributed by atoms with E-state index in [0.29, 0.717) is 57.2 Å². The van der Waals surface area contributed by atoms with Gasteiger partial charge in [-0.15, -0.1) is 0 Å². The van der Waals surface area contributed by atoms with Crippen molar-refractivity contribution in [2.45, 2.75) is 89.3 Å². The lowest BCUT2D eigenvalue weighted by Gasteiger charge is -2.52. The molecule has 8 nitrogen and oxygen atoms in total. The van der Waals surface area contributed by atoms with Gasteiger partial charge in [-0.25, -0.2) is 0 Å². The van der Waals surface area contributed by atoms with Crippen LogP contribution >= 0.6 is 0 Å².